The van der Waals surface area contributed by atoms with Gasteiger partial charge < -0.3 is 9.47 Å². The van der Waals surface area contributed by atoms with Crippen LogP contribution in [0.1, 0.15) is 55.1 Å². The van der Waals surface area contributed by atoms with Crippen molar-refractivity contribution in [3.05, 3.63) is 28.8 Å². The summed E-state index contributed by atoms with van der Waals surface area (Å²) in [4.78, 5) is 14.8. The highest BCUT2D eigenvalue weighted by Gasteiger charge is 2.21. The summed E-state index contributed by atoms with van der Waals surface area (Å²) in [7, 11) is 0. The first-order valence-corrected chi connectivity index (χ1v) is 8.57. The fourth-order valence-corrected chi connectivity index (χ4v) is 3.14. The highest BCUT2D eigenvalue weighted by Crippen LogP contribution is 2.24. The second kappa shape index (κ2) is 7.82. The van der Waals surface area contributed by atoms with E-state index in [-0.39, 0.29) is 18.1 Å². The topological polar surface area (TPSA) is 38.8 Å². The lowest BCUT2D eigenvalue weighted by Gasteiger charge is -2.23. The number of hydrogen-bond acceptors (Lipinski definition) is 4. The van der Waals surface area contributed by atoms with E-state index in [1.54, 1.807) is 0 Å². The monoisotopic (exact) mass is 319 g/mol. The molecule has 1 aromatic carbocycles. The quantitative estimate of drug-likeness (QED) is 0.749. The van der Waals surface area contributed by atoms with E-state index in [0.717, 1.165) is 30.0 Å². The number of esters is 1. The van der Waals surface area contributed by atoms with Crippen molar-refractivity contribution in [1.29, 1.82) is 0 Å². The maximum Gasteiger partial charge on any atom is 0.338 e. The van der Waals surface area contributed by atoms with Crippen LogP contribution in [0.4, 0.5) is 0 Å². The number of carbonyl (C=O) groups is 1. The van der Waals surface area contributed by atoms with Crippen LogP contribution in [0.25, 0.3) is 0 Å². The number of hydrogen-bond donors (Lipinski definition) is 0. The van der Waals surface area contributed by atoms with Gasteiger partial charge in [-0.25, -0.2) is 4.79 Å². The van der Waals surface area contributed by atoms with E-state index < -0.39 is 0 Å². The molecule has 0 N–H and O–H groups in total. The Morgan fingerprint density at radius 3 is 2.22 bits per heavy atom. The molecule has 1 fully saturated rings. The average molecular weight is 319 g/mol. The molecule has 4 nitrogen and oxygen atoms in total. The zero-order chi connectivity index (χ0) is 17.0. The van der Waals surface area contributed by atoms with Gasteiger partial charge in [0, 0.05) is 6.04 Å². The molecule has 128 valence electrons. The van der Waals surface area contributed by atoms with Crippen LogP contribution >= 0.6 is 0 Å². The molecule has 0 spiro atoms. The predicted molar refractivity (Wildman–Crippen MR) is 92.2 cm³/mol. The molecule has 0 saturated carbocycles. The maximum absolute atomic E-state index is 12.5. The van der Waals surface area contributed by atoms with Crippen LogP contribution < -0.4 is 4.74 Å². The number of aryl methyl sites for hydroxylation is 2. The van der Waals surface area contributed by atoms with Crippen molar-refractivity contribution in [2.75, 3.05) is 19.7 Å². The second-order valence-electron chi connectivity index (χ2n) is 6.79. The van der Waals surface area contributed by atoms with Gasteiger partial charge in [0.2, 0.25) is 0 Å². The lowest BCUT2D eigenvalue weighted by atomic mass is 10.0. The molecule has 1 aliphatic rings. The number of likely N-dealkylation sites (tertiary alicyclic amines) is 1. The Hall–Kier alpha value is -1.55. The molecule has 2 rings (SSSR count). The Balaban J connectivity index is 2.01. The number of carbonyl (C=O) groups excluding carboxylic acids is 1. The van der Waals surface area contributed by atoms with Gasteiger partial charge in [-0.15, -0.1) is 0 Å². The molecular formula is C19H29NO3. The van der Waals surface area contributed by atoms with Crippen LogP contribution in [0, 0.1) is 13.8 Å². The Bertz CT molecular complexity index is 525. The van der Waals surface area contributed by atoms with E-state index in [1.165, 1.54) is 12.8 Å². The van der Waals surface area contributed by atoms with Crippen molar-refractivity contribution in [1.82, 2.24) is 4.90 Å². The van der Waals surface area contributed by atoms with E-state index in [0.29, 0.717) is 12.2 Å². The highest BCUT2D eigenvalue weighted by atomic mass is 16.5. The molecule has 0 bridgehead atoms. The van der Waals surface area contributed by atoms with Crippen molar-refractivity contribution in [3.8, 4) is 5.75 Å². The molecule has 0 aliphatic carbocycles. The Labute approximate surface area is 139 Å². The summed E-state index contributed by atoms with van der Waals surface area (Å²) < 4.78 is 11.3. The zero-order valence-corrected chi connectivity index (χ0v) is 15.0. The van der Waals surface area contributed by atoms with Gasteiger partial charge in [-0.2, -0.15) is 0 Å². The smallest absolute Gasteiger partial charge is 0.338 e. The molecule has 0 amide bonds. The van der Waals surface area contributed by atoms with Crippen LogP contribution in [0.2, 0.25) is 0 Å². The summed E-state index contributed by atoms with van der Waals surface area (Å²) in [5.74, 6) is 0.569. The summed E-state index contributed by atoms with van der Waals surface area (Å²) in [5, 5.41) is 0. The average Bonchev–Trinajstić information content (AvgIpc) is 2.97. The largest absolute Gasteiger partial charge is 0.491 e. The van der Waals surface area contributed by atoms with Crippen molar-refractivity contribution in [3.63, 3.8) is 0 Å². The third kappa shape index (κ3) is 4.71. The lowest BCUT2D eigenvalue weighted by molar-refractivity contribution is 0.0393. The molecule has 1 aliphatic heterocycles. The van der Waals surface area contributed by atoms with Gasteiger partial charge in [-0.05, 0) is 83.8 Å². The van der Waals surface area contributed by atoms with Crippen LogP contribution in [0.5, 0.6) is 5.75 Å². The third-order valence-electron chi connectivity index (χ3n) is 4.30. The molecule has 1 heterocycles. The normalized spacial score (nSPS) is 16.6. The summed E-state index contributed by atoms with van der Waals surface area (Å²) in [5.41, 5.74) is 2.47. The fourth-order valence-electron chi connectivity index (χ4n) is 3.14. The van der Waals surface area contributed by atoms with Gasteiger partial charge >= 0.3 is 5.97 Å². The van der Waals surface area contributed by atoms with Crippen LogP contribution in [0.3, 0.4) is 0 Å². The lowest BCUT2D eigenvalue weighted by Crippen LogP contribution is -2.34. The summed E-state index contributed by atoms with van der Waals surface area (Å²) >= 11 is 0. The van der Waals surface area contributed by atoms with Gasteiger partial charge in [0.15, 0.2) is 0 Å². The summed E-state index contributed by atoms with van der Waals surface area (Å²) in [6, 6.07) is 4.10. The summed E-state index contributed by atoms with van der Waals surface area (Å²) in [6.07, 6.45) is 2.61. The Morgan fingerprint density at radius 1 is 1.13 bits per heavy atom. The van der Waals surface area contributed by atoms with E-state index in [9.17, 15) is 4.79 Å². The minimum absolute atomic E-state index is 0.118. The molecule has 23 heavy (non-hydrogen) atoms. The number of nitrogens with zero attached hydrogens (tertiary/aromatic N) is 1. The molecule has 1 aromatic rings. The van der Waals surface area contributed by atoms with E-state index in [2.05, 4.69) is 11.8 Å². The second-order valence-corrected chi connectivity index (χ2v) is 6.79. The Kier molecular flexibility index (Phi) is 6.05. The molecule has 4 heteroatoms. The predicted octanol–water partition coefficient (Wildman–Crippen LogP) is 3.73. The van der Waals surface area contributed by atoms with Gasteiger partial charge in [0.1, 0.15) is 12.4 Å². The molecule has 0 aromatic heterocycles. The van der Waals surface area contributed by atoms with Gasteiger partial charge in [-0.1, -0.05) is 0 Å². The van der Waals surface area contributed by atoms with Gasteiger partial charge in [0.05, 0.1) is 11.7 Å². The van der Waals surface area contributed by atoms with Crippen LogP contribution in [-0.2, 0) is 4.74 Å². The Morgan fingerprint density at radius 2 is 1.70 bits per heavy atom. The van der Waals surface area contributed by atoms with Crippen molar-refractivity contribution >= 4 is 5.97 Å². The highest BCUT2D eigenvalue weighted by molar-refractivity contribution is 5.93. The molecular weight excluding hydrogens is 290 g/mol. The van der Waals surface area contributed by atoms with E-state index in [1.807, 2.05) is 39.8 Å². The first-order valence-electron chi connectivity index (χ1n) is 8.57. The molecule has 0 unspecified atom stereocenters. The van der Waals surface area contributed by atoms with Crippen molar-refractivity contribution in [2.45, 2.75) is 59.6 Å². The standard InChI is InChI=1S/C19H29NO3/c1-13(2)23-17-10-14(3)18(15(4)11-17)19(21)22-12-16(5)20-8-6-7-9-20/h10-11,13,16H,6-9,12H2,1-5H3/t16-/m0/s1. The molecule has 0 radical (unpaired) electrons. The maximum atomic E-state index is 12.5. The summed E-state index contributed by atoms with van der Waals surface area (Å²) in [6.45, 7) is 12.6. The number of ether oxygens (including phenoxy) is 2. The van der Waals surface area contributed by atoms with Crippen molar-refractivity contribution < 1.29 is 14.3 Å². The SMILES string of the molecule is Cc1cc(OC(C)C)cc(C)c1C(=O)OC[C@H](C)N1CCCC1. The number of benzene rings is 1. The van der Waals surface area contributed by atoms with E-state index in [4.69, 9.17) is 9.47 Å². The minimum atomic E-state index is -0.234. The molecule has 1 atom stereocenters. The van der Waals surface area contributed by atoms with Gasteiger partial charge in [-0.3, -0.25) is 4.90 Å². The first-order chi connectivity index (χ1) is 10.9. The third-order valence-corrected chi connectivity index (χ3v) is 4.30. The van der Waals surface area contributed by atoms with Gasteiger partial charge in [0.25, 0.3) is 0 Å². The first kappa shape index (κ1) is 17.8. The van der Waals surface area contributed by atoms with Crippen molar-refractivity contribution in [2.24, 2.45) is 0 Å². The zero-order valence-electron chi connectivity index (χ0n) is 15.0. The minimum Gasteiger partial charge on any atom is -0.491 e. The molecule has 1 saturated heterocycles. The number of rotatable bonds is 6. The fraction of sp³-hybridized carbons (Fsp3) is 0.632. The van der Waals surface area contributed by atoms with Crippen LogP contribution in [-0.4, -0.2) is 42.7 Å². The van der Waals surface area contributed by atoms with E-state index >= 15 is 0 Å². The van der Waals surface area contributed by atoms with Crippen LogP contribution in [0.15, 0.2) is 12.1 Å².